The summed E-state index contributed by atoms with van der Waals surface area (Å²) < 4.78 is 6.33. The number of aliphatic hydroxyl groups excluding tert-OH is 1. The Morgan fingerprint density at radius 1 is 1.03 bits per heavy atom. The molecule has 0 aliphatic heterocycles. The second-order valence-corrected chi connectivity index (χ2v) is 10.1. The highest BCUT2D eigenvalue weighted by Crippen LogP contribution is 2.33. The maximum Gasteiger partial charge on any atom is 0.121 e. The molecule has 0 fully saturated rings. The van der Waals surface area contributed by atoms with Gasteiger partial charge in [0, 0.05) is 5.92 Å². The Kier molecular flexibility index (Phi) is 13.0. The Morgan fingerprint density at radius 3 is 2.33 bits per heavy atom. The highest BCUT2D eigenvalue weighted by atomic mass is 16.5. The summed E-state index contributed by atoms with van der Waals surface area (Å²) in [4.78, 5) is 0. The molecule has 3 heteroatoms. The first-order valence-corrected chi connectivity index (χ1v) is 12.6. The summed E-state index contributed by atoms with van der Waals surface area (Å²) in [6, 6.07) is 0. The van der Waals surface area contributed by atoms with Crippen molar-refractivity contribution in [1.29, 1.82) is 0 Å². The molecule has 0 aromatic rings. The zero-order valence-corrected chi connectivity index (χ0v) is 20.8. The quantitative estimate of drug-likeness (QED) is 0.259. The van der Waals surface area contributed by atoms with Gasteiger partial charge >= 0.3 is 0 Å². The molecule has 0 amide bonds. The van der Waals surface area contributed by atoms with E-state index in [-0.39, 0.29) is 12.7 Å². The monoisotopic (exact) mass is 422 g/mol. The molecule has 5 atom stereocenters. The third-order valence-corrected chi connectivity index (χ3v) is 6.95. The molecule has 1 aliphatic carbocycles. The number of hydrogen-bond acceptors (Lipinski definition) is 3. The van der Waals surface area contributed by atoms with Crippen LogP contribution in [0.1, 0.15) is 112 Å². The minimum Gasteiger partial charge on any atom is -0.492 e. The van der Waals surface area contributed by atoms with Crippen LogP contribution >= 0.6 is 0 Å². The van der Waals surface area contributed by atoms with Gasteiger partial charge in [-0.1, -0.05) is 85.3 Å². The molecular weight excluding hydrogens is 372 g/mol. The smallest absolute Gasteiger partial charge is 0.121 e. The predicted octanol–water partition coefficient (Wildman–Crippen LogP) is 7.18. The van der Waals surface area contributed by atoms with Crippen LogP contribution in [0.25, 0.3) is 0 Å². The molecule has 5 unspecified atom stereocenters. The summed E-state index contributed by atoms with van der Waals surface area (Å²) in [7, 11) is 0. The average Bonchev–Trinajstić information content (AvgIpc) is 2.70. The van der Waals surface area contributed by atoms with Crippen LogP contribution in [0.3, 0.4) is 0 Å². The van der Waals surface area contributed by atoms with E-state index in [4.69, 9.17) is 4.74 Å². The van der Waals surface area contributed by atoms with Crippen molar-refractivity contribution in [2.45, 2.75) is 124 Å². The van der Waals surface area contributed by atoms with Crippen molar-refractivity contribution in [2.75, 3.05) is 6.61 Å². The van der Waals surface area contributed by atoms with E-state index < -0.39 is 5.60 Å². The van der Waals surface area contributed by atoms with Crippen LogP contribution in [0, 0.1) is 17.8 Å². The molecule has 30 heavy (non-hydrogen) atoms. The standard InChI is InChI=1S/C27H50O3/c1-7-9-10-18-27(6,29)19-12-14-21(3)13-11-15-25(20-28)30-26-23(5)22(4)16-17-24(26)8-2/h16-17,21-23,25,28-29H,7-15,18-20H2,1-6H3. The maximum absolute atomic E-state index is 10.5. The molecule has 1 rings (SSSR count). The number of ether oxygens (including phenoxy) is 1. The summed E-state index contributed by atoms with van der Waals surface area (Å²) in [6.45, 7) is 13.2. The number of aliphatic hydroxyl groups is 2. The largest absolute Gasteiger partial charge is 0.492 e. The van der Waals surface area contributed by atoms with Gasteiger partial charge in [0.15, 0.2) is 0 Å². The molecule has 3 nitrogen and oxygen atoms in total. The molecule has 2 N–H and O–H groups in total. The van der Waals surface area contributed by atoms with Gasteiger partial charge < -0.3 is 14.9 Å². The minimum absolute atomic E-state index is 0.0836. The van der Waals surface area contributed by atoms with Crippen molar-refractivity contribution in [1.82, 2.24) is 0 Å². The lowest BCUT2D eigenvalue weighted by Gasteiger charge is -2.30. The van der Waals surface area contributed by atoms with E-state index in [0.717, 1.165) is 57.1 Å². The van der Waals surface area contributed by atoms with Crippen molar-refractivity contribution in [3.05, 3.63) is 23.5 Å². The van der Waals surface area contributed by atoms with Crippen LogP contribution in [0.5, 0.6) is 0 Å². The van der Waals surface area contributed by atoms with Crippen LogP contribution in [0.2, 0.25) is 0 Å². The first-order valence-electron chi connectivity index (χ1n) is 12.6. The van der Waals surface area contributed by atoms with Crippen molar-refractivity contribution in [3.8, 4) is 0 Å². The Hall–Kier alpha value is -0.800. The van der Waals surface area contributed by atoms with E-state index >= 15 is 0 Å². The second kappa shape index (κ2) is 14.3. The molecule has 0 saturated heterocycles. The lowest BCUT2D eigenvalue weighted by atomic mass is 9.85. The molecule has 0 radical (unpaired) electrons. The molecule has 0 heterocycles. The predicted molar refractivity (Wildman–Crippen MR) is 128 cm³/mol. The maximum atomic E-state index is 10.5. The molecule has 0 aromatic carbocycles. The van der Waals surface area contributed by atoms with Crippen molar-refractivity contribution in [3.63, 3.8) is 0 Å². The summed E-state index contributed by atoms with van der Waals surface area (Å²) in [5.74, 6) is 2.60. The third-order valence-electron chi connectivity index (χ3n) is 6.95. The van der Waals surface area contributed by atoms with Crippen LogP contribution in [-0.2, 0) is 4.74 Å². The summed E-state index contributed by atoms with van der Waals surface area (Å²) in [6.07, 6.45) is 16.1. The van der Waals surface area contributed by atoms with E-state index in [9.17, 15) is 10.2 Å². The Bertz CT molecular complexity index is 520. The summed E-state index contributed by atoms with van der Waals surface area (Å²) in [5, 5.41) is 20.4. The SMILES string of the molecule is CCCCCC(C)(O)CCCC(C)CCCC(CO)OC1=C(CC)C=CC(C)C1C. The zero-order chi connectivity index (χ0) is 22.6. The van der Waals surface area contributed by atoms with E-state index in [1.807, 2.05) is 6.92 Å². The molecule has 0 bridgehead atoms. The molecule has 1 aliphatic rings. The van der Waals surface area contributed by atoms with Crippen LogP contribution < -0.4 is 0 Å². The Labute approximate surface area is 187 Å². The van der Waals surface area contributed by atoms with Gasteiger partial charge in [0.25, 0.3) is 0 Å². The highest BCUT2D eigenvalue weighted by molar-refractivity contribution is 5.29. The van der Waals surface area contributed by atoms with Gasteiger partial charge in [-0.25, -0.2) is 0 Å². The normalized spacial score (nSPS) is 23.3. The van der Waals surface area contributed by atoms with E-state index in [0.29, 0.717) is 17.8 Å². The van der Waals surface area contributed by atoms with Crippen LogP contribution in [-0.4, -0.2) is 28.5 Å². The first-order chi connectivity index (χ1) is 14.2. The molecule has 176 valence electrons. The van der Waals surface area contributed by atoms with Crippen LogP contribution in [0.4, 0.5) is 0 Å². The number of unbranched alkanes of at least 4 members (excludes halogenated alkanes) is 2. The lowest BCUT2D eigenvalue weighted by Crippen LogP contribution is -2.24. The average molecular weight is 423 g/mol. The Balaban J connectivity index is 2.35. The van der Waals surface area contributed by atoms with Crippen LogP contribution in [0.15, 0.2) is 23.5 Å². The fourth-order valence-electron chi connectivity index (χ4n) is 4.44. The highest BCUT2D eigenvalue weighted by Gasteiger charge is 2.25. The topological polar surface area (TPSA) is 49.7 Å². The zero-order valence-electron chi connectivity index (χ0n) is 20.8. The van der Waals surface area contributed by atoms with Crippen molar-refractivity contribution in [2.24, 2.45) is 17.8 Å². The summed E-state index contributed by atoms with van der Waals surface area (Å²) >= 11 is 0. The molecule has 0 aromatic heterocycles. The second-order valence-electron chi connectivity index (χ2n) is 10.1. The number of allylic oxidation sites excluding steroid dienone is 4. The van der Waals surface area contributed by atoms with Gasteiger partial charge in [-0.15, -0.1) is 0 Å². The van der Waals surface area contributed by atoms with E-state index in [2.05, 4.69) is 46.8 Å². The number of hydrogen-bond donors (Lipinski definition) is 2. The van der Waals surface area contributed by atoms with E-state index in [1.54, 1.807) is 0 Å². The fourth-order valence-corrected chi connectivity index (χ4v) is 4.44. The van der Waals surface area contributed by atoms with Gasteiger partial charge in [-0.3, -0.25) is 0 Å². The van der Waals surface area contributed by atoms with Crippen molar-refractivity contribution < 1.29 is 14.9 Å². The van der Waals surface area contributed by atoms with Gasteiger partial charge in [0.1, 0.15) is 11.9 Å². The van der Waals surface area contributed by atoms with Gasteiger partial charge in [0.05, 0.1) is 12.2 Å². The number of rotatable bonds is 16. The summed E-state index contributed by atoms with van der Waals surface area (Å²) in [5.41, 5.74) is 0.774. The first kappa shape index (κ1) is 27.2. The van der Waals surface area contributed by atoms with Gasteiger partial charge in [0.2, 0.25) is 0 Å². The van der Waals surface area contributed by atoms with E-state index in [1.165, 1.54) is 24.8 Å². The van der Waals surface area contributed by atoms with Crippen molar-refractivity contribution >= 4 is 0 Å². The molecule has 0 spiro atoms. The van der Waals surface area contributed by atoms with Gasteiger partial charge in [-0.05, 0) is 56.4 Å². The lowest BCUT2D eigenvalue weighted by molar-refractivity contribution is 0.0309. The molecule has 0 saturated carbocycles. The third kappa shape index (κ3) is 10.0. The Morgan fingerprint density at radius 2 is 1.70 bits per heavy atom. The van der Waals surface area contributed by atoms with Gasteiger partial charge in [-0.2, -0.15) is 0 Å². The minimum atomic E-state index is -0.502. The molecular formula is C27H50O3. The fraction of sp³-hybridized carbons (Fsp3) is 0.852.